The van der Waals surface area contributed by atoms with Gasteiger partial charge in [0.05, 0.1) is 11.5 Å². The number of hydrogen-bond donors (Lipinski definition) is 1. The van der Waals surface area contributed by atoms with Crippen molar-refractivity contribution in [1.82, 2.24) is 9.78 Å². The van der Waals surface area contributed by atoms with Crippen LogP contribution >= 0.6 is 15.9 Å². The number of anilines is 1. The maximum Gasteiger partial charge on any atom is 0.330 e. The average molecular weight is 297 g/mol. The minimum absolute atomic E-state index is 0.0675. The van der Waals surface area contributed by atoms with Crippen LogP contribution in [0.1, 0.15) is 5.56 Å². The van der Waals surface area contributed by atoms with Gasteiger partial charge in [-0.2, -0.15) is 5.10 Å². The summed E-state index contributed by atoms with van der Waals surface area (Å²) < 4.78 is 2.38. The molecule has 2 rings (SSSR count). The smallest absolute Gasteiger partial charge is 0.330 e. The molecule has 0 fully saturated rings. The number of nitrogen functional groups attached to an aromatic ring is 1. The summed E-state index contributed by atoms with van der Waals surface area (Å²) in [4.78, 5) is 10.1. The van der Waals surface area contributed by atoms with Crippen LogP contribution in [0.15, 0.2) is 34.9 Å². The fourth-order valence-corrected chi connectivity index (χ4v) is 1.68. The van der Waals surface area contributed by atoms with Crippen LogP contribution in [0.25, 0.3) is 0 Å². The number of nitro groups is 1. The summed E-state index contributed by atoms with van der Waals surface area (Å²) in [6.45, 7) is 0.410. The molecule has 2 aromatic rings. The monoisotopic (exact) mass is 296 g/mol. The first-order chi connectivity index (χ1) is 8.08. The Morgan fingerprint density at radius 1 is 1.41 bits per heavy atom. The molecule has 0 spiro atoms. The number of hydrogen-bond acceptors (Lipinski definition) is 4. The molecule has 88 valence electrons. The van der Waals surface area contributed by atoms with E-state index < -0.39 is 4.92 Å². The van der Waals surface area contributed by atoms with E-state index in [4.69, 9.17) is 5.73 Å². The van der Waals surface area contributed by atoms with Gasteiger partial charge in [0.2, 0.25) is 5.82 Å². The van der Waals surface area contributed by atoms with E-state index >= 15 is 0 Å². The lowest BCUT2D eigenvalue weighted by Crippen LogP contribution is -2.06. The third-order valence-corrected chi connectivity index (χ3v) is 2.83. The van der Waals surface area contributed by atoms with Crippen LogP contribution < -0.4 is 5.73 Å². The highest BCUT2D eigenvalue weighted by Crippen LogP contribution is 2.21. The number of benzene rings is 1. The van der Waals surface area contributed by atoms with E-state index in [9.17, 15) is 10.1 Å². The van der Waals surface area contributed by atoms with Gasteiger partial charge in [-0.1, -0.05) is 28.1 Å². The molecule has 1 aromatic heterocycles. The molecule has 2 N–H and O–H groups in total. The molecule has 0 aliphatic rings. The Bertz CT molecular complexity index is 550. The maximum atomic E-state index is 10.6. The van der Waals surface area contributed by atoms with Crippen molar-refractivity contribution in [3.05, 3.63) is 50.6 Å². The van der Waals surface area contributed by atoms with Gasteiger partial charge in [-0.15, -0.1) is 0 Å². The van der Waals surface area contributed by atoms with Gasteiger partial charge in [0.15, 0.2) is 0 Å². The second-order valence-corrected chi connectivity index (χ2v) is 4.37. The van der Waals surface area contributed by atoms with E-state index in [0.29, 0.717) is 6.54 Å². The molecule has 0 atom stereocenters. The van der Waals surface area contributed by atoms with Crippen LogP contribution in [0.3, 0.4) is 0 Å². The number of aromatic nitrogens is 2. The zero-order valence-electron chi connectivity index (χ0n) is 8.71. The van der Waals surface area contributed by atoms with Crippen molar-refractivity contribution in [2.45, 2.75) is 6.54 Å². The highest BCUT2D eigenvalue weighted by Gasteiger charge is 2.17. The van der Waals surface area contributed by atoms with Gasteiger partial charge in [-0.25, -0.2) is 4.68 Å². The predicted molar refractivity (Wildman–Crippen MR) is 66.5 cm³/mol. The van der Waals surface area contributed by atoms with E-state index in [-0.39, 0.29) is 11.5 Å². The highest BCUT2D eigenvalue weighted by atomic mass is 79.9. The summed E-state index contributed by atoms with van der Waals surface area (Å²) in [6, 6.07) is 7.58. The molecule has 1 heterocycles. The fraction of sp³-hybridized carbons (Fsp3) is 0.100. The Kier molecular flexibility index (Phi) is 3.10. The summed E-state index contributed by atoms with van der Waals surface area (Å²) in [5, 5.41) is 14.5. The molecule has 0 saturated heterocycles. The van der Waals surface area contributed by atoms with Crippen LogP contribution in [-0.4, -0.2) is 14.7 Å². The van der Waals surface area contributed by atoms with Gasteiger partial charge in [0.25, 0.3) is 0 Å². The molecule has 0 radical (unpaired) electrons. The summed E-state index contributed by atoms with van der Waals surface area (Å²) >= 11 is 3.33. The van der Waals surface area contributed by atoms with Gasteiger partial charge in [0.1, 0.15) is 6.20 Å². The van der Waals surface area contributed by atoms with Crippen LogP contribution in [0.5, 0.6) is 0 Å². The molecule has 0 amide bonds. The summed E-state index contributed by atoms with van der Waals surface area (Å²) in [5.74, 6) is 0.0675. The van der Waals surface area contributed by atoms with Crippen LogP contribution in [0.4, 0.5) is 11.5 Å². The lowest BCUT2D eigenvalue weighted by Gasteiger charge is -2.03. The Morgan fingerprint density at radius 2 is 2.06 bits per heavy atom. The summed E-state index contributed by atoms with van der Waals surface area (Å²) in [6.07, 6.45) is 1.16. The van der Waals surface area contributed by atoms with Crippen molar-refractivity contribution in [2.75, 3.05) is 5.73 Å². The average Bonchev–Trinajstić information content (AvgIpc) is 2.64. The first kappa shape index (κ1) is 11.6. The number of halogens is 1. The zero-order valence-corrected chi connectivity index (χ0v) is 10.3. The maximum absolute atomic E-state index is 10.6. The van der Waals surface area contributed by atoms with Gasteiger partial charge in [-0.05, 0) is 17.7 Å². The SMILES string of the molecule is Nc1c([N+](=O)[O-])cnn1Cc1ccc(Br)cc1. The van der Waals surface area contributed by atoms with E-state index in [0.717, 1.165) is 16.2 Å². The molecule has 7 heteroatoms. The van der Waals surface area contributed by atoms with E-state index in [1.165, 1.54) is 4.68 Å². The number of nitrogens with two attached hydrogens (primary N) is 1. The largest absolute Gasteiger partial charge is 0.378 e. The molecule has 0 aliphatic heterocycles. The van der Waals surface area contributed by atoms with Crippen molar-refractivity contribution in [3.8, 4) is 0 Å². The number of rotatable bonds is 3. The Balaban J connectivity index is 2.24. The number of nitrogens with zero attached hydrogens (tertiary/aromatic N) is 3. The highest BCUT2D eigenvalue weighted by molar-refractivity contribution is 9.10. The van der Waals surface area contributed by atoms with Crippen molar-refractivity contribution in [2.24, 2.45) is 0 Å². The first-order valence-electron chi connectivity index (χ1n) is 4.78. The molecular formula is C10H9BrN4O2. The molecule has 0 bridgehead atoms. The quantitative estimate of drug-likeness (QED) is 0.695. The molecule has 17 heavy (non-hydrogen) atoms. The topological polar surface area (TPSA) is 87.0 Å². The first-order valence-corrected chi connectivity index (χ1v) is 5.57. The Morgan fingerprint density at radius 3 is 2.59 bits per heavy atom. The lowest BCUT2D eigenvalue weighted by molar-refractivity contribution is -0.384. The normalized spacial score (nSPS) is 10.4. The van der Waals surface area contributed by atoms with Crippen molar-refractivity contribution < 1.29 is 4.92 Å². The van der Waals surface area contributed by atoms with Crippen LogP contribution in [-0.2, 0) is 6.54 Å². The molecule has 0 aliphatic carbocycles. The predicted octanol–water partition coefficient (Wildman–Crippen LogP) is 2.18. The third-order valence-electron chi connectivity index (χ3n) is 2.30. The minimum atomic E-state index is -0.541. The van der Waals surface area contributed by atoms with E-state index in [1.807, 2.05) is 24.3 Å². The molecule has 1 aromatic carbocycles. The molecular weight excluding hydrogens is 288 g/mol. The lowest BCUT2D eigenvalue weighted by atomic mass is 10.2. The van der Waals surface area contributed by atoms with Gasteiger partial charge in [0, 0.05) is 4.47 Å². The third kappa shape index (κ3) is 2.44. The van der Waals surface area contributed by atoms with Gasteiger partial charge < -0.3 is 5.73 Å². The van der Waals surface area contributed by atoms with Crippen molar-refractivity contribution >= 4 is 27.4 Å². The van der Waals surface area contributed by atoms with Crippen LogP contribution in [0.2, 0.25) is 0 Å². The van der Waals surface area contributed by atoms with Crippen molar-refractivity contribution in [3.63, 3.8) is 0 Å². The minimum Gasteiger partial charge on any atom is -0.378 e. The molecule has 0 saturated carbocycles. The summed E-state index contributed by atoms with van der Waals surface area (Å²) in [5.41, 5.74) is 6.44. The van der Waals surface area contributed by atoms with E-state index in [2.05, 4.69) is 21.0 Å². The fourth-order valence-electron chi connectivity index (χ4n) is 1.41. The second-order valence-electron chi connectivity index (χ2n) is 3.46. The van der Waals surface area contributed by atoms with Crippen molar-refractivity contribution in [1.29, 1.82) is 0 Å². The van der Waals surface area contributed by atoms with Gasteiger partial charge in [-0.3, -0.25) is 10.1 Å². The zero-order chi connectivity index (χ0) is 12.4. The van der Waals surface area contributed by atoms with Crippen LogP contribution in [0, 0.1) is 10.1 Å². The second kappa shape index (κ2) is 4.54. The molecule has 6 nitrogen and oxygen atoms in total. The Hall–Kier alpha value is -1.89. The molecule has 0 unspecified atom stereocenters. The Labute approximate surface area is 105 Å². The van der Waals surface area contributed by atoms with E-state index in [1.54, 1.807) is 0 Å². The van der Waals surface area contributed by atoms with Gasteiger partial charge >= 0.3 is 5.69 Å². The summed E-state index contributed by atoms with van der Waals surface area (Å²) in [7, 11) is 0. The standard InChI is InChI=1S/C10H9BrN4O2/c11-8-3-1-7(2-4-8)6-14-10(12)9(5-13-14)15(16)17/h1-5H,6,12H2.